The molecule has 50 valence electrons. The Kier molecular flexibility index (Phi) is 1.88. The predicted molar refractivity (Wildman–Crippen MR) is 33.9 cm³/mol. The van der Waals surface area contributed by atoms with E-state index in [0.29, 0.717) is 0 Å². The van der Waals surface area contributed by atoms with Gasteiger partial charge in [-0.2, -0.15) is 0 Å². The highest BCUT2D eigenvalue weighted by atomic mass is 16.5. The van der Waals surface area contributed by atoms with Crippen LogP contribution in [0.4, 0.5) is 0 Å². The lowest BCUT2D eigenvalue weighted by molar-refractivity contribution is -0.136. The van der Waals surface area contributed by atoms with E-state index < -0.39 is 0 Å². The van der Waals surface area contributed by atoms with Crippen LogP contribution in [0.3, 0.4) is 0 Å². The lowest BCUT2D eigenvalue weighted by atomic mass is 10.2. The van der Waals surface area contributed by atoms with Crippen LogP contribution in [0.5, 0.6) is 0 Å². The Labute approximate surface area is 54.5 Å². The number of hydrogen-bond acceptors (Lipinski definition) is 2. The van der Waals surface area contributed by atoms with Crippen molar-refractivity contribution in [1.82, 2.24) is 0 Å². The van der Waals surface area contributed by atoms with Crippen LogP contribution in [0, 0.1) is 0 Å². The van der Waals surface area contributed by atoms with Gasteiger partial charge < -0.3 is 4.74 Å². The van der Waals surface area contributed by atoms with Crippen molar-refractivity contribution in [3.8, 4) is 0 Å². The number of ether oxygens (including phenoxy) is 1. The molecule has 0 spiro atoms. The summed E-state index contributed by atoms with van der Waals surface area (Å²) >= 11 is 0. The van der Waals surface area contributed by atoms with Crippen LogP contribution in [-0.4, -0.2) is 13.1 Å². The molecule has 0 unspecified atom stereocenters. The SMILES string of the molecule is COC(=O)C1=CCCC1. The molecule has 0 amide bonds. The van der Waals surface area contributed by atoms with Crippen LogP contribution in [0.15, 0.2) is 11.6 Å². The van der Waals surface area contributed by atoms with Gasteiger partial charge in [0.15, 0.2) is 0 Å². The Hall–Kier alpha value is -0.790. The summed E-state index contributed by atoms with van der Waals surface area (Å²) in [6.45, 7) is 0. The van der Waals surface area contributed by atoms with Gasteiger partial charge in [0.2, 0.25) is 0 Å². The number of methoxy groups -OCH3 is 1. The maximum Gasteiger partial charge on any atom is 0.333 e. The van der Waals surface area contributed by atoms with Crippen molar-refractivity contribution in [1.29, 1.82) is 0 Å². The lowest BCUT2D eigenvalue weighted by Crippen LogP contribution is -2.01. The third kappa shape index (κ3) is 1.31. The molecule has 0 radical (unpaired) electrons. The number of rotatable bonds is 1. The Morgan fingerprint density at radius 1 is 1.78 bits per heavy atom. The summed E-state index contributed by atoms with van der Waals surface area (Å²) in [4.78, 5) is 10.7. The van der Waals surface area contributed by atoms with E-state index in [1.165, 1.54) is 7.11 Å². The van der Waals surface area contributed by atoms with Crippen LogP contribution >= 0.6 is 0 Å². The van der Waals surface area contributed by atoms with Crippen LogP contribution in [0.1, 0.15) is 19.3 Å². The number of allylic oxidation sites excluding steroid dienone is 1. The molecule has 2 heteroatoms. The highest BCUT2D eigenvalue weighted by molar-refractivity contribution is 5.88. The van der Waals surface area contributed by atoms with Gasteiger partial charge in [0.25, 0.3) is 0 Å². The molecule has 0 atom stereocenters. The van der Waals surface area contributed by atoms with E-state index in [2.05, 4.69) is 4.74 Å². The average Bonchev–Trinajstić information content (AvgIpc) is 2.37. The fourth-order valence-corrected chi connectivity index (χ4v) is 0.987. The van der Waals surface area contributed by atoms with Crippen molar-refractivity contribution in [2.75, 3.05) is 7.11 Å². The zero-order valence-corrected chi connectivity index (χ0v) is 5.52. The molecule has 1 aliphatic carbocycles. The van der Waals surface area contributed by atoms with Crippen molar-refractivity contribution in [3.05, 3.63) is 11.6 Å². The van der Waals surface area contributed by atoms with Gasteiger partial charge in [-0.3, -0.25) is 0 Å². The molecule has 1 aliphatic rings. The second-order valence-electron chi connectivity index (χ2n) is 2.11. The highest BCUT2D eigenvalue weighted by Crippen LogP contribution is 2.17. The first-order valence-corrected chi connectivity index (χ1v) is 3.12. The van der Waals surface area contributed by atoms with E-state index in [9.17, 15) is 4.79 Å². The van der Waals surface area contributed by atoms with Gasteiger partial charge in [-0.1, -0.05) is 6.08 Å². The minimum atomic E-state index is -0.160. The smallest absolute Gasteiger partial charge is 0.333 e. The largest absolute Gasteiger partial charge is 0.466 e. The first-order chi connectivity index (χ1) is 4.34. The van der Waals surface area contributed by atoms with E-state index in [0.717, 1.165) is 24.8 Å². The van der Waals surface area contributed by atoms with Crippen molar-refractivity contribution in [2.24, 2.45) is 0 Å². The van der Waals surface area contributed by atoms with Crippen molar-refractivity contribution >= 4 is 5.97 Å². The van der Waals surface area contributed by atoms with Crippen LogP contribution in [-0.2, 0) is 9.53 Å². The van der Waals surface area contributed by atoms with Crippen LogP contribution < -0.4 is 0 Å². The number of hydrogen-bond donors (Lipinski definition) is 0. The van der Waals surface area contributed by atoms with Crippen molar-refractivity contribution in [3.63, 3.8) is 0 Å². The normalized spacial score (nSPS) is 17.2. The fraction of sp³-hybridized carbons (Fsp3) is 0.571. The predicted octanol–water partition coefficient (Wildman–Crippen LogP) is 1.27. The first-order valence-electron chi connectivity index (χ1n) is 3.12. The zero-order chi connectivity index (χ0) is 6.69. The van der Waals surface area contributed by atoms with Crippen LogP contribution in [0.25, 0.3) is 0 Å². The minimum absolute atomic E-state index is 0.160. The van der Waals surface area contributed by atoms with E-state index >= 15 is 0 Å². The first kappa shape index (κ1) is 6.33. The molecule has 0 aromatic carbocycles. The topological polar surface area (TPSA) is 26.3 Å². The maximum absolute atomic E-state index is 10.7. The molecule has 2 nitrogen and oxygen atoms in total. The highest BCUT2D eigenvalue weighted by Gasteiger charge is 2.12. The summed E-state index contributed by atoms with van der Waals surface area (Å²) in [6, 6.07) is 0. The second kappa shape index (κ2) is 2.67. The molecule has 0 saturated carbocycles. The molecule has 0 aliphatic heterocycles. The molecule has 0 saturated heterocycles. The fourth-order valence-electron chi connectivity index (χ4n) is 0.987. The number of esters is 1. The minimum Gasteiger partial charge on any atom is -0.466 e. The summed E-state index contributed by atoms with van der Waals surface area (Å²) in [5.74, 6) is -0.160. The quantitative estimate of drug-likeness (QED) is 0.494. The van der Waals surface area contributed by atoms with Gasteiger partial charge in [0.05, 0.1) is 7.11 Å². The lowest BCUT2D eigenvalue weighted by Gasteiger charge is -1.95. The van der Waals surface area contributed by atoms with E-state index in [4.69, 9.17) is 0 Å². The third-order valence-electron chi connectivity index (χ3n) is 1.49. The van der Waals surface area contributed by atoms with E-state index in [-0.39, 0.29) is 5.97 Å². The maximum atomic E-state index is 10.7. The molecular formula is C7H10O2. The Balaban J connectivity index is 2.51. The number of carbonyl (C=O) groups excluding carboxylic acids is 1. The third-order valence-corrected chi connectivity index (χ3v) is 1.49. The summed E-state index contributed by atoms with van der Waals surface area (Å²) < 4.78 is 4.53. The van der Waals surface area contributed by atoms with E-state index in [1.54, 1.807) is 0 Å². The molecule has 9 heavy (non-hydrogen) atoms. The van der Waals surface area contributed by atoms with E-state index in [1.807, 2.05) is 6.08 Å². The average molecular weight is 126 g/mol. The summed E-state index contributed by atoms with van der Waals surface area (Å²) in [5, 5.41) is 0. The van der Waals surface area contributed by atoms with Gasteiger partial charge >= 0.3 is 5.97 Å². The number of carbonyl (C=O) groups is 1. The Morgan fingerprint density at radius 3 is 3.00 bits per heavy atom. The van der Waals surface area contributed by atoms with Crippen molar-refractivity contribution < 1.29 is 9.53 Å². The summed E-state index contributed by atoms with van der Waals surface area (Å²) in [6.07, 6.45) is 4.98. The van der Waals surface area contributed by atoms with Gasteiger partial charge in [-0.15, -0.1) is 0 Å². The summed E-state index contributed by atoms with van der Waals surface area (Å²) in [7, 11) is 1.42. The Bertz CT molecular complexity index is 147. The van der Waals surface area contributed by atoms with Gasteiger partial charge in [-0.25, -0.2) is 4.79 Å². The molecule has 0 aromatic rings. The van der Waals surface area contributed by atoms with Gasteiger partial charge in [-0.05, 0) is 19.3 Å². The van der Waals surface area contributed by atoms with Gasteiger partial charge in [0, 0.05) is 5.57 Å². The second-order valence-corrected chi connectivity index (χ2v) is 2.11. The standard InChI is InChI=1S/C7H10O2/c1-9-7(8)6-4-2-3-5-6/h4H,2-3,5H2,1H3. The molecule has 0 bridgehead atoms. The van der Waals surface area contributed by atoms with Gasteiger partial charge in [0.1, 0.15) is 0 Å². The van der Waals surface area contributed by atoms with Crippen molar-refractivity contribution in [2.45, 2.75) is 19.3 Å². The Morgan fingerprint density at radius 2 is 2.56 bits per heavy atom. The molecule has 0 fully saturated rings. The zero-order valence-electron chi connectivity index (χ0n) is 5.52. The molecule has 0 N–H and O–H groups in total. The summed E-state index contributed by atoms with van der Waals surface area (Å²) in [5.41, 5.74) is 0.845. The molecule has 0 heterocycles. The molecule has 1 rings (SSSR count). The monoisotopic (exact) mass is 126 g/mol. The van der Waals surface area contributed by atoms with Crippen LogP contribution in [0.2, 0.25) is 0 Å². The molecule has 0 aromatic heterocycles. The molecular weight excluding hydrogens is 116 g/mol.